The van der Waals surface area contributed by atoms with Crippen LogP contribution in [0.3, 0.4) is 0 Å². The summed E-state index contributed by atoms with van der Waals surface area (Å²) in [6.07, 6.45) is 3.55. The quantitative estimate of drug-likeness (QED) is 0.510. The van der Waals surface area contributed by atoms with Crippen molar-refractivity contribution < 1.29 is 4.79 Å². The van der Waals surface area contributed by atoms with Crippen molar-refractivity contribution in [3.63, 3.8) is 0 Å². The average molecular weight is 408 g/mol. The van der Waals surface area contributed by atoms with Crippen molar-refractivity contribution in [2.45, 2.75) is 61.5 Å². The van der Waals surface area contributed by atoms with Crippen LogP contribution in [-0.4, -0.2) is 36.5 Å². The van der Waals surface area contributed by atoms with Crippen LogP contribution in [0.25, 0.3) is 15.9 Å². The summed E-state index contributed by atoms with van der Waals surface area (Å²) < 4.78 is 2.01. The van der Waals surface area contributed by atoms with Crippen molar-refractivity contribution in [2.24, 2.45) is 5.73 Å². The molecular weight excluding hydrogens is 386 g/mol. The number of fused-ring (bicyclic) bond motifs is 5. The van der Waals surface area contributed by atoms with E-state index in [1.54, 1.807) is 23.1 Å². The molecule has 0 bridgehead atoms. The van der Waals surface area contributed by atoms with Crippen LogP contribution >= 0.6 is 34.9 Å². The van der Waals surface area contributed by atoms with Gasteiger partial charge in [-0.2, -0.15) is 0 Å². The van der Waals surface area contributed by atoms with E-state index in [0.717, 1.165) is 27.4 Å². The van der Waals surface area contributed by atoms with Gasteiger partial charge in [-0.25, -0.2) is 9.38 Å². The van der Waals surface area contributed by atoms with E-state index < -0.39 is 0 Å². The van der Waals surface area contributed by atoms with Gasteiger partial charge in [0.25, 0.3) is 0 Å². The third-order valence-corrected chi connectivity index (χ3v) is 7.53. The van der Waals surface area contributed by atoms with Gasteiger partial charge >= 0.3 is 0 Å². The third kappa shape index (κ3) is 3.10. The highest BCUT2D eigenvalue weighted by atomic mass is 32.2. The number of aromatic nitrogens is 4. The number of aryl methyl sites for hydroxylation is 1. The van der Waals surface area contributed by atoms with E-state index in [1.807, 2.05) is 4.40 Å². The molecule has 0 saturated heterocycles. The fourth-order valence-electron chi connectivity index (χ4n) is 3.45. The van der Waals surface area contributed by atoms with Crippen molar-refractivity contribution in [3.05, 3.63) is 10.4 Å². The van der Waals surface area contributed by atoms with Gasteiger partial charge in [-0.05, 0) is 30.7 Å². The molecule has 138 valence electrons. The molecule has 0 aromatic carbocycles. The lowest BCUT2D eigenvalue weighted by atomic mass is 9.87. The second-order valence-electron chi connectivity index (χ2n) is 6.87. The minimum absolute atomic E-state index is 0.183. The Balaban J connectivity index is 1.98. The number of hydrogen-bond acceptors (Lipinski definition) is 7. The number of primary amides is 1. The second kappa shape index (κ2) is 7.01. The van der Waals surface area contributed by atoms with Gasteiger partial charge in [-0.1, -0.05) is 44.3 Å². The Morgan fingerprint density at radius 1 is 1.38 bits per heavy atom. The zero-order valence-electron chi connectivity index (χ0n) is 15.0. The predicted molar refractivity (Wildman–Crippen MR) is 108 cm³/mol. The summed E-state index contributed by atoms with van der Waals surface area (Å²) in [6, 6.07) is 0. The first kappa shape index (κ1) is 18.1. The summed E-state index contributed by atoms with van der Waals surface area (Å²) in [5.74, 6) is 0.337. The SMILES string of the molecule is CC(C)Sc1nc2sc3c(c2c2nnc(SCC(N)=O)n12)C(C)CCC3. The Morgan fingerprint density at radius 2 is 2.19 bits per heavy atom. The van der Waals surface area contributed by atoms with Crippen LogP contribution in [0, 0.1) is 0 Å². The van der Waals surface area contributed by atoms with Crippen LogP contribution < -0.4 is 5.73 Å². The first-order valence-corrected chi connectivity index (χ1v) is 11.4. The summed E-state index contributed by atoms with van der Waals surface area (Å²) in [4.78, 5) is 18.7. The summed E-state index contributed by atoms with van der Waals surface area (Å²) >= 11 is 4.81. The van der Waals surface area contributed by atoms with Crippen LogP contribution in [-0.2, 0) is 11.2 Å². The van der Waals surface area contributed by atoms with Crippen LogP contribution in [0.4, 0.5) is 0 Å². The van der Waals surface area contributed by atoms with E-state index in [2.05, 4.69) is 31.0 Å². The Bertz CT molecular complexity index is 994. The minimum atomic E-state index is -0.361. The molecule has 4 rings (SSSR count). The smallest absolute Gasteiger partial charge is 0.227 e. The van der Waals surface area contributed by atoms with Gasteiger partial charge in [-0.15, -0.1) is 21.5 Å². The van der Waals surface area contributed by atoms with Gasteiger partial charge in [0.15, 0.2) is 16.0 Å². The molecule has 0 aliphatic heterocycles. The number of rotatable bonds is 5. The van der Waals surface area contributed by atoms with Gasteiger partial charge in [-0.3, -0.25) is 4.79 Å². The molecule has 3 heterocycles. The van der Waals surface area contributed by atoms with Gasteiger partial charge in [0.2, 0.25) is 5.91 Å². The maximum Gasteiger partial charge on any atom is 0.227 e. The van der Waals surface area contributed by atoms with Gasteiger partial charge in [0.05, 0.1) is 11.1 Å². The average Bonchev–Trinajstić information content (AvgIpc) is 3.13. The molecule has 0 saturated carbocycles. The maximum atomic E-state index is 11.2. The number of nitrogens with two attached hydrogens (primary N) is 1. The predicted octanol–water partition coefficient (Wildman–Crippen LogP) is 3.86. The standard InChI is InChI=1S/C17H21N5OS3/c1-8(2)25-16-19-15-13(12-9(3)5-4-6-10(12)26-15)14-20-21-17(22(14)16)24-7-11(18)23/h8-9H,4-7H2,1-3H3,(H2,18,23). The Labute approximate surface area is 164 Å². The van der Waals surface area contributed by atoms with E-state index >= 15 is 0 Å². The van der Waals surface area contributed by atoms with E-state index in [0.29, 0.717) is 16.3 Å². The monoisotopic (exact) mass is 407 g/mol. The Morgan fingerprint density at radius 3 is 2.92 bits per heavy atom. The molecule has 9 heteroatoms. The molecule has 6 nitrogen and oxygen atoms in total. The molecule has 3 aromatic heterocycles. The van der Waals surface area contributed by atoms with Crippen LogP contribution in [0.15, 0.2) is 10.3 Å². The van der Waals surface area contributed by atoms with Gasteiger partial charge < -0.3 is 5.73 Å². The number of thioether (sulfide) groups is 2. The molecule has 1 atom stereocenters. The van der Waals surface area contributed by atoms with E-state index in [9.17, 15) is 4.79 Å². The molecule has 1 unspecified atom stereocenters. The van der Waals surface area contributed by atoms with Crippen LogP contribution in [0.2, 0.25) is 0 Å². The topological polar surface area (TPSA) is 86.2 Å². The zero-order valence-corrected chi connectivity index (χ0v) is 17.4. The van der Waals surface area contributed by atoms with Gasteiger partial charge in [0.1, 0.15) is 4.83 Å². The second-order valence-corrected chi connectivity index (χ2v) is 10.4. The molecule has 0 spiro atoms. The molecule has 1 aliphatic carbocycles. The van der Waals surface area contributed by atoms with Crippen LogP contribution in [0.1, 0.15) is 50.0 Å². The summed E-state index contributed by atoms with van der Waals surface area (Å²) in [5, 5.41) is 11.9. The largest absolute Gasteiger partial charge is 0.369 e. The van der Waals surface area contributed by atoms with Gasteiger partial charge in [0, 0.05) is 10.1 Å². The third-order valence-electron chi connectivity index (χ3n) is 4.47. The lowest BCUT2D eigenvalue weighted by Crippen LogP contribution is -2.13. The number of carbonyl (C=O) groups is 1. The fraction of sp³-hybridized carbons (Fsp3) is 0.529. The highest BCUT2D eigenvalue weighted by Gasteiger charge is 2.27. The number of carbonyl (C=O) groups excluding carboxylic acids is 1. The molecule has 26 heavy (non-hydrogen) atoms. The number of amides is 1. The minimum Gasteiger partial charge on any atom is -0.369 e. The van der Waals surface area contributed by atoms with E-state index in [4.69, 9.17) is 10.7 Å². The highest BCUT2D eigenvalue weighted by molar-refractivity contribution is 8.00. The maximum absolute atomic E-state index is 11.2. The van der Waals surface area contributed by atoms with Crippen molar-refractivity contribution in [1.82, 2.24) is 19.6 Å². The van der Waals surface area contributed by atoms with Crippen molar-refractivity contribution in [1.29, 1.82) is 0 Å². The zero-order chi connectivity index (χ0) is 18.4. The summed E-state index contributed by atoms with van der Waals surface area (Å²) in [5.41, 5.74) is 7.57. The molecule has 0 fully saturated rings. The highest BCUT2D eigenvalue weighted by Crippen LogP contribution is 2.44. The fourth-order valence-corrected chi connectivity index (χ4v) is 6.41. The number of thiophene rings is 1. The lowest BCUT2D eigenvalue weighted by molar-refractivity contribution is -0.115. The number of hydrogen-bond donors (Lipinski definition) is 1. The molecule has 2 N–H and O–H groups in total. The molecule has 3 aromatic rings. The lowest BCUT2D eigenvalue weighted by Gasteiger charge is -2.18. The Hall–Kier alpha value is -1.32. The Kier molecular flexibility index (Phi) is 4.87. The van der Waals surface area contributed by atoms with E-state index in [1.165, 1.54) is 35.0 Å². The summed E-state index contributed by atoms with van der Waals surface area (Å²) in [7, 11) is 0. The van der Waals surface area contributed by atoms with E-state index in [-0.39, 0.29) is 11.7 Å². The van der Waals surface area contributed by atoms with Crippen molar-refractivity contribution >= 4 is 56.6 Å². The number of nitrogens with zero attached hydrogens (tertiary/aromatic N) is 4. The molecular formula is C17H21N5OS3. The van der Waals surface area contributed by atoms with Crippen molar-refractivity contribution in [2.75, 3.05) is 5.75 Å². The van der Waals surface area contributed by atoms with Crippen LogP contribution in [0.5, 0.6) is 0 Å². The molecule has 1 amide bonds. The normalized spacial score (nSPS) is 17.3. The molecule has 1 aliphatic rings. The van der Waals surface area contributed by atoms with Crippen molar-refractivity contribution in [3.8, 4) is 0 Å². The summed E-state index contributed by atoms with van der Waals surface area (Å²) in [6.45, 7) is 6.57. The first-order valence-electron chi connectivity index (χ1n) is 8.74. The first-order chi connectivity index (χ1) is 12.5. The molecule has 0 radical (unpaired) electrons.